The lowest BCUT2D eigenvalue weighted by Crippen LogP contribution is -2.44. The minimum atomic E-state index is -0.184. The van der Waals surface area contributed by atoms with E-state index in [2.05, 4.69) is 29.6 Å². The molecule has 0 spiro atoms. The molecule has 1 heterocycles. The topological polar surface area (TPSA) is 59.0 Å². The number of carbonyl (C=O) groups is 1. The molecule has 0 atom stereocenters. The van der Waals surface area contributed by atoms with Crippen LogP contribution in [0.3, 0.4) is 0 Å². The van der Waals surface area contributed by atoms with Gasteiger partial charge in [-0.2, -0.15) is 5.10 Å². The Balaban J connectivity index is 2.47. The number of nitrogens with one attached hydrogen (secondary N) is 2. The van der Waals surface area contributed by atoms with Gasteiger partial charge in [-0.3, -0.25) is 9.48 Å². The van der Waals surface area contributed by atoms with Crippen LogP contribution in [0.2, 0.25) is 0 Å². The van der Waals surface area contributed by atoms with Crippen LogP contribution >= 0.6 is 0 Å². The smallest absolute Gasteiger partial charge is 0.234 e. The fraction of sp³-hybridized carbons (Fsp3) is 0.714. The predicted molar refractivity (Wildman–Crippen MR) is 76.9 cm³/mol. The molecule has 108 valence electrons. The van der Waals surface area contributed by atoms with Crippen LogP contribution < -0.4 is 10.6 Å². The van der Waals surface area contributed by atoms with Crippen molar-refractivity contribution in [1.82, 2.24) is 20.4 Å². The zero-order chi connectivity index (χ0) is 14.6. The maximum absolute atomic E-state index is 11.7. The zero-order valence-electron chi connectivity index (χ0n) is 12.9. The van der Waals surface area contributed by atoms with E-state index >= 15 is 0 Å². The molecule has 2 N–H and O–H groups in total. The first kappa shape index (κ1) is 15.7. The molecule has 1 amide bonds. The number of hydrogen-bond donors (Lipinski definition) is 2. The molecule has 5 nitrogen and oxygen atoms in total. The molecule has 0 aliphatic rings. The number of aromatic nitrogens is 2. The predicted octanol–water partition coefficient (Wildman–Crippen LogP) is 1.55. The van der Waals surface area contributed by atoms with Crippen molar-refractivity contribution in [2.45, 2.75) is 52.6 Å². The molecule has 19 heavy (non-hydrogen) atoms. The van der Waals surface area contributed by atoms with E-state index in [4.69, 9.17) is 0 Å². The number of rotatable bonds is 5. The second-order valence-electron chi connectivity index (χ2n) is 6.27. The lowest BCUT2D eigenvalue weighted by Gasteiger charge is -2.20. The van der Waals surface area contributed by atoms with Crippen LogP contribution in [0.15, 0.2) is 6.20 Å². The van der Waals surface area contributed by atoms with Crippen molar-refractivity contribution in [3.63, 3.8) is 0 Å². The van der Waals surface area contributed by atoms with Crippen molar-refractivity contribution in [2.75, 3.05) is 6.54 Å². The second kappa shape index (κ2) is 6.19. The first-order valence-corrected chi connectivity index (χ1v) is 6.73. The average molecular weight is 266 g/mol. The Morgan fingerprint density at radius 1 is 1.42 bits per heavy atom. The van der Waals surface area contributed by atoms with Gasteiger partial charge in [-0.1, -0.05) is 13.8 Å². The number of carbonyl (C=O) groups excluding carboxylic acids is 1. The third-order valence-electron chi connectivity index (χ3n) is 2.60. The van der Waals surface area contributed by atoms with Crippen molar-refractivity contribution in [3.05, 3.63) is 17.5 Å². The van der Waals surface area contributed by atoms with Gasteiger partial charge < -0.3 is 10.6 Å². The van der Waals surface area contributed by atoms with E-state index in [9.17, 15) is 4.79 Å². The zero-order valence-corrected chi connectivity index (χ0v) is 12.9. The minimum Gasteiger partial charge on any atom is -0.350 e. The maximum atomic E-state index is 11.7. The average Bonchev–Trinajstić information content (AvgIpc) is 2.57. The summed E-state index contributed by atoms with van der Waals surface area (Å²) < 4.78 is 1.82. The van der Waals surface area contributed by atoms with Gasteiger partial charge in [0.2, 0.25) is 5.91 Å². The number of aryl methyl sites for hydroxylation is 1. The van der Waals surface area contributed by atoms with E-state index in [1.54, 1.807) is 0 Å². The standard InChI is InChI=1S/C14H26N4O/c1-10(2)13-11(9-18(6)17-13)7-15-8-12(19)16-14(3,4)5/h9-10,15H,7-8H2,1-6H3,(H,16,19). The highest BCUT2D eigenvalue weighted by molar-refractivity contribution is 5.78. The highest BCUT2D eigenvalue weighted by Crippen LogP contribution is 2.16. The van der Waals surface area contributed by atoms with Gasteiger partial charge in [-0.25, -0.2) is 0 Å². The van der Waals surface area contributed by atoms with Crippen LogP contribution in [-0.4, -0.2) is 27.8 Å². The Kier molecular flexibility index (Phi) is 5.11. The largest absolute Gasteiger partial charge is 0.350 e. The van der Waals surface area contributed by atoms with Crippen LogP contribution in [0.1, 0.15) is 51.8 Å². The summed E-state index contributed by atoms with van der Waals surface area (Å²) in [6.45, 7) is 11.2. The Morgan fingerprint density at radius 3 is 2.58 bits per heavy atom. The van der Waals surface area contributed by atoms with Crippen LogP contribution in [0.5, 0.6) is 0 Å². The quantitative estimate of drug-likeness (QED) is 0.850. The van der Waals surface area contributed by atoms with Crippen LogP contribution in [0.4, 0.5) is 0 Å². The highest BCUT2D eigenvalue weighted by atomic mass is 16.2. The summed E-state index contributed by atoms with van der Waals surface area (Å²) in [6, 6.07) is 0. The summed E-state index contributed by atoms with van der Waals surface area (Å²) in [5.74, 6) is 0.406. The van der Waals surface area contributed by atoms with E-state index in [0.717, 1.165) is 11.3 Å². The lowest BCUT2D eigenvalue weighted by atomic mass is 10.1. The van der Waals surface area contributed by atoms with Gasteiger partial charge in [0.15, 0.2) is 0 Å². The summed E-state index contributed by atoms with van der Waals surface area (Å²) in [4.78, 5) is 11.7. The molecule has 1 rings (SSSR count). The molecule has 5 heteroatoms. The van der Waals surface area contributed by atoms with E-state index in [-0.39, 0.29) is 11.4 Å². The number of amides is 1. The maximum Gasteiger partial charge on any atom is 0.234 e. The Hall–Kier alpha value is -1.36. The van der Waals surface area contributed by atoms with Crippen LogP contribution in [-0.2, 0) is 18.4 Å². The SMILES string of the molecule is CC(C)c1nn(C)cc1CNCC(=O)NC(C)(C)C. The second-order valence-corrected chi connectivity index (χ2v) is 6.27. The number of nitrogens with zero attached hydrogens (tertiary/aromatic N) is 2. The number of hydrogen-bond acceptors (Lipinski definition) is 3. The van der Waals surface area contributed by atoms with Gasteiger partial charge in [-0.15, -0.1) is 0 Å². The molecule has 0 radical (unpaired) electrons. The van der Waals surface area contributed by atoms with E-state index in [0.29, 0.717) is 19.0 Å². The van der Waals surface area contributed by atoms with Gasteiger partial charge in [0.05, 0.1) is 12.2 Å². The third kappa shape index (κ3) is 5.42. The molecule has 0 aliphatic carbocycles. The molecular weight excluding hydrogens is 240 g/mol. The van der Waals surface area contributed by atoms with Gasteiger partial charge in [0, 0.05) is 30.9 Å². The molecule has 1 aromatic heterocycles. The van der Waals surface area contributed by atoms with Crippen molar-refractivity contribution >= 4 is 5.91 Å². The van der Waals surface area contributed by atoms with Gasteiger partial charge in [0.1, 0.15) is 0 Å². The van der Waals surface area contributed by atoms with Crippen molar-refractivity contribution in [2.24, 2.45) is 7.05 Å². The van der Waals surface area contributed by atoms with Crippen molar-refractivity contribution in [3.8, 4) is 0 Å². The first-order valence-electron chi connectivity index (χ1n) is 6.73. The third-order valence-corrected chi connectivity index (χ3v) is 2.60. The summed E-state index contributed by atoms with van der Waals surface area (Å²) >= 11 is 0. The van der Waals surface area contributed by atoms with E-state index in [1.165, 1.54) is 0 Å². The van der Waals surface area contributed by atoms with Crippen LogP contribution in [0, 0.1) is 0 Å². The van der Waals surface area contributed by atoms with Crippen molar-refractivity contribution in [1.29, 1.82) is 0 Å². The van der Waals surface area contributed by atoms with E-state index < -0.39 is 0 Å². The first-order chi connectivity index (χ1) is 8.69. The van der Waals surface area contributed by atoms with Crippen molar-refractivity contribution < 1.29 is 4.79 Å². The summed E-state index contributed by atoms with van der Waals surface area (Å²) in [6.07, 6.45) is 2.00. The van der Waals surface area contributed by atoms with Gasteiger partial charge >= 0.3 is 0 Å². The highest BCUT2D eigenvalue weighted by Gasteiger charge is 2.14. The molecule has 0 aromatic carbocycles. The molecule has 0 fully saturated rings. The molecule has 0 unspecified atom stereocenters. The summed E-state index contributed by atoms with van der Waals surface area (Å²) in [5, 5.41) is 10.5. The lowest BCUT2D eigenvalue weighted by molar-refractivity contribution is -0.121. The normalized spacial score (nSPS) is 11.9. The molecule has 0 bridgehead atoms. The Morgan fingerprint density at radius 2 is 2.05 bits per heavy atom. The summed E-state index contributed by atoms with van der Waals surface area (Å²) in [5.41, 5.74) is 2.06. The molecule has 0 saturated carbocycles. The van der Waals surface area contributed by atoms with Crippen LogP contribution in [0.25, 0.3) is 0 Å². The molecule has 1 aromatic rings. The monoisotopic (exact) mass is 266 g/mol. The van der Waals surface area contributed by atoms with Gasteiger partial charge in [0.25, 0.3) is 0 Å². The minimum absolute atomic E-state index is 0.0162. The fourth-order valence-electron chi connectivity index (χ4n) is 1.95. The molecular formula is C14H26N4O. The summed E-state index contributed by atoms with van der Waals surface area (Å²) in [7, 11) is 1.92. The fourth-order valence-corrected chi connectivity index (χ4v) is 1.95. The van der Waals surface area contributed by atoms with Gasteiger partial charge in [-0.05, 0) is 26.7 Å². The molecule has 0 aliphatic heterocycles. The Labute approximate surface area is 115 Å². The van der Waals surface area contributed by atoms with E-state index in [1.807, 2.05) is 38.7 Å². The Bertz CT molecular complexity index is 429. The molecule has 0 saturated heterocycles.